The van der Waals surface area contributed by atoms with Crippen LogP contribution in [-0.4, -0.2) is 77.0 Å². The number of morpholine rings is 2. The molecule has 0 spiro atoms. The lowest BCUT2D eigenvalue weighted by molar-refractivity contribution is -0.0440. The van der Waals surface area contributed by atoms with Gasteiger partial charge in [-0.2, -0.15) is 8.61 Å². The fraction of sp³-hybridized carbons (Fsp3) is 0.625. The Bertz CT molecular complexity index is 822. The van der Waals surface area contributed by atoms with Gasteiger partial charge >= 0.3 is 0 Å². The predicted molar refractivity (Wildman–Crippen MR) is 94.8 cm³/mol. The quantitative estimate of drug-likeness (QED) is 0.726. The van der Waals surface area contributed by atoms with E-state index in [0.717, 1.165) is 0 Å². The van der Waals surface area contributed by atoms with Crippen LogP contribution < -0.4 is 0 Å². The summed E-state index contributed by atoms with van der Waals surface area (Å²) in [5, 5.41) is 0. The van der Waals surface area contributed by atoms with Gasteiger partial charge in [-0.05, 0) is 38.1 Å². The highest BCUT2D eigenvalue weighted by molar-refractivity contribution is 7.89. The van der Waals surface area contributed by atoms with E-state index in [1.807, 2.05) is 13.8 Å². The minimum absolute atomic E-state index is 0.0831. The lowest BCUT2D eigenvalue weighted by Gasteiger charge is -2.34. The first kappa shape index (κ1) is 19.7. The minimum Gasteiger partial charge on any atom is -0.379 e. The third-order valence-electron chi connectivity index (χ3n) is 4.46. The molecular weight excluding hydrogens is 380 g/mol. The smallest absolute Gasteiger partial charge is 0.243 e. The second kappa shape index (κ2) is 7.53. The van der Waals surface area contributed by atoms with Crippen LogP contribution in [-0.2, 0) is 29.5 Å². The van der Waals surface area contributed by atoms with E-state index in [1.165, 1.54) is 32.9 Å². The molecule has 0 unspecified atom stereocenters. The van der Waals surface area contributed by atoms with E-state index in [0.29, 0.717) is 26.3 Å². The number of hydrogen-bond acceptors (Lipinski definition) is 6. The van der Waals surface area contributed by atoms with Gasteiger partial charge in [-0.1, -0.05) is 0 Å². The van der Waals surface area contributed by atoms with Crippen molar-refractivity contribution in [3.05, 3.63) is 24.3 Å². The van der Waals surface area contributed by atoms with Crippen molar-refractivity contribution in [3.8, 4) is 0 Å². The van der Waals surface area contributed by atoms with Gasteiger partial charge < -0.3 is 9.47 Å². The molecule has 146 valence electrons. The zero-order valence-electron chi connectivity index (χ0n) is 14.9. The first-order chi connectivity index (χ1) is 12.2. The number of rotatable bonds is 4. The summed E-state index contributed by atoms with van der Waals surface area (Å²) in [6.07, 6.45) is -0.371. The molecule has 0 saturated carbocycles. The van der Waals surface area contributed by atoms with Gasteiger partial charge in [0.1, 0.15) is 0 Å². The van der Waals surface area contributed by atoms with Gasteiger partial charge in [-0.3, -0.25) is 0 Å². The Balaban J connectivity index is 1.82. The van der Waals surface area contributed by atoms with Crippen molar-refractivity contribution >= 4 is 20.0 Å². The van der Waals surface area contributed by atoms with Crippen molar-refractivity contribution in [1.82, 2.24) is 8.61 Å². The SMILES string of the molecule is C[C@@H]1CN(S(=O)(=O)c2ccc(S(=O)(=O)N3CCOCC3)cc2)C[C@@H](C)O1. The van der Waals surface area contributed by atoms with Crippen molar-refractivity contribution in [2.45, 2.75) is 35.8 Å². The minimum atomic E-state index is -3.69. The second-order valence-corrected chi connectivity index (χ2v) is 10.4. The van der Waals surface area contributed by atoms with E-state index in [9.17, 15) is 16.8 Å². The summed E-state index contributed by atoms with van der Waals surface area (Å²) >= 11 is 0. The highest BCUT2D eigenvalue weighted by Crippen LogP contribution is 2.24. The average Bonchev–Trinajstić information content (AvgIpc) is 2.62. The van der Waals surface area contributed by atoms with Crippen molar-refractivity contribution < 1.29 is 26.3 Å². The van der Waals surface area contributed by atoms with Crippen LogP contribution in [0.2, 0.25) is 0 Å². The summed E-state index contributed by atoms with van der Waals surface area (Å²) in [4.78, 5) is 0.168. The van der Waals surface area contributed by atoms with Crippen LogP contribution in [0.25, 0.3) is 0 Å². The summed E-state index contributed by atoms with van der Waals surface area (Å²) in [7, 11) is -7.33. The Kier molecular flexibility index (Phi) is 5.71. The Hall–Kier alpha value is -1.04. The summed E-state index contributed by atoms with van der Waals surface area (Å²) in [5.41, 5.74) is 0. The number of nitrogens with zero attached hydrogens (tertiary/aromatic N) is 2. The molecular formula is C16H24N2O6S2. The Morgan fingerprint density at radius 1 is 0.808 bits per heavy atom. The van der Waals surface area contributed by atoms with Crippen LogP contribution in [0.5, 0.6) is 0 Å². The predicted octanol–water partition coefficient (Wildman–Crippen LogP) is 0.505. The largest absolute Gasteiger partial charge is 0.379 e. The normalized spacial score (nSPS) is 26.7. The molecule has 2 saturated heterocycles. The zero-order chi connectivity index (χ0) is 18.9. The molecule has 2 fully saturated rings. The maximum absolute atomic E-state index is 12.8. The Morgan fingerprint density at radius 3 is 1.69 bits per heavy atom. The van der Waals surface area contributed by atoms with Crippen LogP contribution in [0, 0.1) is 0 Å². The van der Waals surface area contributed by atoms with Gasteiger partial charge in [-0.25, -0.2) is 16.8 Å². The highest BCUT2D eigenvalue weighted by atomic mass is 32.2. The summed E-state index contributed by atoms with van der Waals surface area (Å²) in [5.74, 6) is 0. The third kappa shape index (κ3) is 3.95. The second-order valence-electron chi connectivity index (χ2n) is 6.57. The molecule has 0 aliphatic carbocycles. The number of benzene rings is 1. The summed E-state index contributed by atoms with van der Waals surface area (Å²) < 4.78 is 64.4. The topological polar surface area (TPSA) is 93.2 Å². The maximum Gasteiger partial charge on any atom is 0.243 e. The van der Waals surface area contributed by atoms with E-state index in [2.05, 4.69) is 0 Å². The molecule has 3 rings (SSSR count). The van der Waals surface area contributed by atoms with Gasteiger partial charge in [-0.15, -0.1) is 0 Å². The molecule has 0 amide bonds. The van der Waals surface area contributed by atoms with Gasteiger partial charge in [0.05, 0.1) is 35.2 Å². The lowest BCUT2D eigenvalue weighted by Crippen LogP contribution is -2.48. The molecule has 0 aromatic heterocycles. The van der Waals surface area contributed by atoms with Gasteiger partial charge in [0.2, 0.25) is 20.0 Å². The number of hydrogen-bond donors (Lipinski definition) is 0. The van der Waals surface area contributed by atoms with Crippen molar-refractivity contribution in [1.29, 1.82) is 0 Å². The van der Waals surface area contributed by atoms with Crippen molar-refractivity contribution in [3.63, 3.8) is 0 Å². The molecule has 2 atom stereocenters. The molecule has 0 N–H and O–H groups in total. The van der Waals surface area contributed by atoms with Crippen molar-refractivity contribution in [2.75, 3.05) is 39.4 Å². The molecule has 10 heteroatoms. The van der Waals surface area contributed by atoms with E-state index in [4.69, 9.17) is 9.47 Å². The molecule has 8 nitrogen and oxygen atoms in total. The first-order valence-electron chi connectivity index (χ1n) is 8.55. The monoisotopic (exact) mass is 404 g/mol. The lowest BCUT2D eigenvalue weighted by atomic mass is 10.3. The maximum atomic E-state index is 12.8. The van der Waals surface area contributed by atoms with E-state index in [1.54, 1.807) is 0 Å². The van der Waals surface area contributed by atoms with Gasteiger partial charge in [0.15, 0.2) is 0 Å². The molecule has 1 aromatic carbocycles. The zero-order valence-corrected chi connectivity index (χ0v) is 16.5. The van der Waals surface area contributed by atoms with E-state index < -0.39 is 20.0 Å². The molecule has 2 aliphatic heterocycles. The van der Waals surface area contributed by atoms with Crippen LogP contribution in [0.4, 0.5) is 0 Å². The fourth-order valence-electron chi connectivity index (χ4n) is 3.20. The van der Waals surface area contributed by atoms with Crippen LogP contribution in [0.15, 0.2) is 34.1 Å². The molecule has 2 aliphatic rings. The van der Waals surface area contributed by atoms with Crippen LogP contribution in [0.3, 0.4) is 0 Å². The molecule has 0 radical (unpaired) electrons. The first-order valence-corrected chi connectivity index (χ1v) is 11.4. The highest BCUT2D eigenvalue weighted by Gasteiger charge is 2.33. The summed E-state index contributed by atoms with van der Waals surface area (Å²) in [6.45, 7) is 5.53. The fourth-order valence-corrected chi connectivity index (χ4v) is 6.19. The van der Waals surface area contributed by atoms with Crippen LogP contribution in [0.1, 0.15) is 13.8 Å². The molecule has 0 bridgehead atoms. The van der Waals surface area contributed by atoms with Gasteiger partial charge in [0, 0.05) is 26.2 Å². The average molecular weight is 405 g/mol. The number of ether oxygens (including phenoxy) is 2. The van der Waals surface area contributed by atoms with Crippen molar-refractivity contribution in [2.24, 2.45) is 0 Å². The third-order valence-corrected chi connectivity index (χ3v) is 8.21. The van der Waals surface area contributed by atoms with E-state index in [-0.39, 0.29) is 35.1 Å². The Morgan fingerprint density at radius 2 is 1.23 bits per heavy atom. The molecule has 1 aromatic rings. The van der Waals surface area contributed by atoms with Crippen LogP contribution >= 0.6 is 0 Å². The molecule has 2 heterocycles. The number of sulfonamides is 2. The summed E-state index contributed by atoms with van der Waals surface area (Å²) in [6, 6.07) is 5.41. The van der Waals surface area contributed by atoms with Gasteiger partial charge in [0.25, 0.3) is 0 Å². The Labute approximate surface area is 154 Å². The standard InChI is InChI=1S/C16H24N2O6S2/c1-13-11-18(12-14(2)24-13)26(21,22)16-5-3-15(4-6-16)25(19,20)17-7-9-23-10-8-17/h3-6,13-14H,7-12H2,1-2H3/t13-,14-/m1/s1. The molecule has 26 heavy (non-hydrogen) atoms. The van der Waals surface area contributed by atoms with E-state index >= 15 is 0 Å².